The molecule has 0 spiro atoms. The number of nitrogens with zero attached hydrogens (tertiary/aromatic N) is 1. The molecule has 0 atom stereocenters. The first-order valence-electron chi connectivity index (χ1n) is 5.45. The van der Waals surface area contributed by atoms with Gasteiger partial charge in [-0.3, -0.25) is 0 Å². The summed E-state index contributed by atoms with van der Waals surface area (Å²) >= 11 is 0. The van der Waals surface area contributed by atoms with Crippen LogP contribution in [0.2, 0.25) is 0 Å². The number of H-pyrrole nitrogens is 1. The molecule has 0 saturated heterocycles. The Morgan fingerprint density at radius 3 is 2.47 bits per heavy atom. The lowest BCUT2D eigenvalue weighted by Gasteiger charge is -1.99. The van der Waals surface area contributed by atoms with Gasteiger partial charge in [0.05, 0.1) is 11.2 Å². The van der Waals surface area contributed by atoms with E-state index < -0.39 is 17.5 Å². The van der Waals surface area contributed by atoms with Gasteiger partial charge < -0.3 is 10.7 Å². The lowest BCUT2D eigenvalue weighted by Crippen LogP contribution is -1.91. The fourth-order valence-corrected chi connectivity index (χ4v) is 1.85. The summed E-state index contributed by atoms with van der Waals surface area (Å²) in [5.41, 5.74) is 6.17. The van der Waals surface area contributed by atoms with Gasteiger partial charge in [-0.05, 0) is 30.3 Å². The lowest BCUT2D eigenvalue weighted by molar-refractivity contribution is 0.515. The van der Waals surface area contributed by atoms with Crippen LogP contribution in [0.4, 0.5) is 18.9 Å². The maximum absolute atomic E-state index is 13.5. The number of hydrogen-bond acceptors (Lipinski definition) is 2. The predicted octanol–water partition coefficient (Wildman–Crippen LogP) is 3.23. The SMILES string of the molecule is Nc1cc(-c2nc3c(F)c(F)ccc3[nH]2)ccc1F. The number of aromatic nitrogens is 2. The van der Waals surface area contributed by atoms with Gasteiger partial charge in [-0.25, -0.2) is 18.2 Å². The van der Waals surface area contributed by atoms with E-state index in [2.05, 4.69) is 9.97 Å². The highest BCUT2D eigenvalue weighted by molar-refractivity contribution is 5.80. The number of halogens is 3. The molecule has 0 amide bonds. The van der Waals surface area contributed by atoms with Gasteiger partial charge in [0.1, 0.15) is 17.2 Å². The van der Waals surface area contributed by atoms with Gasteiger partial charge >= 0.3 is 0 Å². The molecule has 96 valence electrons. The number of anilines is 1. The maximum atomic E-state index is 13.5. The van der Waals surface area contributed by atoms with Gasteiger partial charge in [0.2, 0.25) is 0 Å². The second-order valence-electron chi connectivity index (χ2n) is 4.08. The largest absolute Gasteiger partial charge is 0.396 e. The Balaban J connectivity index is 2.20. The number of aromatic amines is 1. The molecule has 0 aliphatic rings. The van der Waals surface area contributed by atoms with E-state index in [0.717, 1.165) is 6.07 Å². The highest BCUT2D eigenvalue weighted by Crippen LogP contribution is 2.25. The van der Waals surface area contributed by atoms with Gasteiger partial charge in [0, 0.05) is 5.56 Å². The van der Waals surface area contributed by atoms with Crippen molar-refractivity contribution < 1.29 is 13.2 Å². The van der Waals surface area contributed by atoms with Gasteiger partial charge in [-0.15, -0.1) is 0 Å². The number of nitrogens with two attached hydrogens (primary N) is 1. The van der Waals surface area contributed by atoms with Crippen molar-refractivity contribution in [3.63, 3.8) is 0 Å². The molecule has 1 heterocycles. The van der Waals surface area contributed by atoms with Crippen molar-refractivity contribution in [2.24, 2.45) is 0 Å². The zero-order valence-corrected chi connectivity index (χ0v) is 9.55. The topological polar surface area (TPSA) is 54.7 Å². The van der Waals surface area contributed by atoms with Crippen LogP contribution < -0.4 is 5.73 Å². The van der Waals surface area contributed by atoms with Crippen LogP contribution in [0.15, 0.2) is 30.3 Å². The molecular formula is C13H8F3N3. The molecule has 3 aromatic rings. The first kappa shape index (κ1) is 11.6. The predicted molar refractivity (Wildman–Crippen MR) is 65.8 cm³/mol. The number of imidazole rings is 1. The van der Waals surface area contributed by atoms with E-state index in [-0.39, 0.29) is 11.2 Å². The molecule has 3 rings (SSSR count). The van der Waals surface area contributed by atoms with Crippen molar-refractivity contribution in [3.05, 3.63) is 47.8 Å². The summed E-state index contributed by atoms with van der Waals surface area (Å²) in [6.07, 6.45) is 0. The van der Waals surface area contributed by atoms with E-state index in [1.807, 2.05) is 0 Å². The molecule has 2 aromatic carbocycles. The Morgan fingerprint density at radius 1 is 1.00 bits per heavy atom. The highest BCUT2D eigenvalue weighted by atomic mass is 19.2. The molecule has 0 radical (unpaired) electrons. The summed E-state index contributed by atoms with van der Waals surface area (Å²) in [5, 5.41) is 0. The minimum Gasteiger partial charge on any atom is -0.396 e. The van der Waals surface area contributed by atoms with E-state index in [4.69, 9.17) is 5.73 Å². The average Bonchev–Trinajstić information content (AvgIpc) is 2.82. The first-order valence-corrected chi connectivity index (χ1v) is 5.45. The van der Waals surface area contributed by atoms with E-state index in [9.17, 15) is 13.2 Å². The van der Waals surface area contributed by atoms with Crippen molar-refractivity contribution >= 4 is 16.7 Å². The maximum Gasteiger partial charge on any atom is 0.186 e. The molecule has 6 heteroatoms. The molecule has 0 aliphatic heterocycles. The zero-order chi connectivity index (χ0) is 13.6. The molecule has 0 saturated carbocycles. The summed E-state index contributed by atoms with van der Waals surface area (Å²) in [6.45, 7) is 0. The summed E-state index contributed by atoms with van der Waals surface area (Å²) in [6, 6.07) is 6.42. The quantitative estimate of drug-likeness (QED) is 0.662. The minimum atomic E-state index is -1.02. The molecular weight excluding hydrogens is 255 g/mol. The van der Waals surface area contributed by atoms with Crippen LogP contribution in [0.3, 0.4) is 0 Å². The van der Waals surface area contributed by atoms with Gasteiger partial charge in [0.15, 0.2) is 11.6 Å². The van der Waals surface area contributed by atoms with Crippen LogP contribution in [0, 0.1) is 17.5 Å². The first-order chi connectivity index (χ1) is 9.06. The molecule has 0 aliphatic carbocycles. The van der Waals surface area contributed by atoms with E-state index >= 15 is 0 Å². The Bertz CT molecular complexity index is 780. The summed E-state index contributed by atoms with van der Waals surface area (Å²) in [5.74, 6) is -2.23. The second kappa shape index (κ2) is 4.01. The fraction of sp³-hybridized carbons (Fsp3) is 0. The third-order valence-electron chi connectivity index (χ3n) is 2.82. The number of benzene rings is 2. The van der Waals surface area contributed by atoms with Gasteiger partial charge in [-0.2, -0.15) is 0 Å². The second-order valence-corrected chi connectivity index (χ2v) is 4.08. The Kier molecular flexibility index (Phi) is 2.45. The molecule has 3 nitrogen and oxygen atoms in total. The standard InChI is InChI=1S/C13H8F3N3/c14-7-2-1-6(5-9(7)17)13-18-10-4-3-8(15)11(16)12(10)19-13/h1-5H,17H2,(H,18,19). The number of nitrogens with one attached hydrogen (secondary N) is 1. The zero-order valence-electron chi connectivity index (χ0n) is 9.55. The monoisotopic (exact) mass is 263 g/mol. The van der Waals surface area contributed by atoms with Gasteiger partial charge in [-0.1, -0.05) is 0 Å². The molecule has 0 unspecified atom stereocenters. The van der Waals surface area contributed by atoms with Crippen LogP contribution in [-0.4, -0.2) is 9.97 Å². The average molecular weight is 263 g/mol. The van der Waals surface area contributed by atoms with E-state index in [1.54, 1.807) is 0 Å². The molecule has 19 heavy (non-hydrogen) atoms. The fourth-order valence-electron chi connectivity index (χ4n) is 1.85. The number of hydrogen-bond donors (Lipinski definition) is 2. The summed E-state index contributed by atoms with van der Waals surface area (Å²) in [7, 11) is 0. The Labute approximate surface area is 105 Å². The van der Waals surface area contributed by atoms with Crippen LogP contribution in [-0.2, 0) is 0 Å². The van der Waals surface area contributed by atoms with Crippen molar-refractivity contribution in [1.29, 1.82) is 0 Å². The van der Waals surface area contributed by atoms with Crippen LogP contribution in [0.5, 0.6) is 0 Å². The minimum absolute atomic E-state index is 0.0374. The smallest absolute Gasteiger partial charge is 0.186 e. The van der Waals surface area contributed by atoms with Gasteiger partial charge in [0.25, 0.3) is 0 Å². The number of fused-ring (bicyclic) bond motifs is 1. The van der Waals surface area contributed by atoms with Crippen LogP contribution in [0.1, 0.15) is 0 Å². The molecule has 1 aromatic heterocycles. The van der Waals surface area contributed by atoms with Crippen molar-refractivity contribution in [1.82, 2.24) is 9.97 Å². The van der Waals surface area contributed by atoms with Crippen molar-refractivity contribution in [3.8, 4) is 11.4 Å². The number of nitrogen functional groups attached to an aromatic ring is 1. The Morgan fingerprint density at radius 2 is 1.74 bits per heavy atom. The van der Waals surface area contributed by atoms with Crippen molar-refractivity contribution in [2.45, 2.75) is 0 Å². The van der Waals surface area contributed by atoms with E-state index in [0.29, 0.717) is 16.9 Å². The molecule has 3 N–H and O–H groups in total. The highest BCUT2D eigenvalue weighted by Gasteiger charge is 2.13. The summed E-state index contributed by atoms with van der Waals surface area (Å²) in [4.78, 5) is 6.80. The van der Waals surface area contributed by atoms with Crippen molar-refractivity contribution in [2.75, 3.05) is 5.73 Å². The van der Waals surface area contributed by atoms with E-state index in [1.165, 1.54) is 24.3 Å². The number of rotatable bonds is 1. The van der Waals surface area contributed by atoms with Crippen LogP contribution in [0.25, 0.3) is 22.4 Å². The Hall–Kier alpha value is -2.50. The molecule has 0 fully saturated rings. The normalized spacial score (nSPS) is 11.1. The third-order valence-corrected chi connectivity index (χ3v) is 2.82. The lowest BCUT2D eigenvalue weighted by atomic mass is 10.2. The molecule has 0 bridgehead atoms. The third kappa shape index (κ3) is 1.81. The summed E-state index contributed by atoms with van der Waals surface area (Å²) < 4.78 is 39.7. The van der Waals surface area contributed by atoms with Crippen LogP contribution >= 0.6 is 0 Å².